The fourth-order valence-electron chi connectivity index (χ4n) is 3.10. The number of guanidine groups is 1. The number of benzene rings is 1. The van der Waals surface area contributed by atoms with Crippen molar-refractivity contribution in [3.63, 3.8) is 0 Å². The highest BCUT2D eigenvalue weighted by atomic mass is 127. The summed E-state index contributed by atoms with van der Waals surface area (Å²) >= 11 is 0. The molecule has 1 N–H and O–H groups in total. The van der Waals surface area contributed by atoms with E-state index in [9.17, 15) is 12.8 Å². The standard InChI is InChI=1S/C20H33FN4O4S.HI/c1-5-22-20(23-15-17-6-7-19(28-4)18(21)14-17)24-8-10-25(11-9-24)30(26,27)13-12-29-16(2)3;/h6-7,14,16H,5,8-13,15H2,1-4H3,(H,22,23);1H. The average Bonchev–Trinajstić information content (AvgIpc) is 2.71. The van der Waals surface area contributed by atoms with E-state index in [1.165, 1.54) is 17.5 Å². The second kappa shape index (κ2) is 13.4. The summed E-state index contributed by atoms with van der Waals surface area (Å²) in [6.45, 7) is 8.79. The molecule has 0 amide bonds. The van der Waals surface area contributed by atoms with Crippen LogP contribution in [0.2, 0.25) is 0 Å². The topological polar surface area (TPSA) is 83.5 Å². The van der Waals surface area contributed by atoms with E-state index < -0.39 is 15.8 Å². The SMILES string of the molecule is CCNC(=NCc1ccc(OC)c(F)c1)N1CCN(S(=O)(=O)CCOC(C)C)CC1.I. The molecule has 11 heteroatoms. The Morgan fingerprint density at radius 2 is 1.94 bits per heavy atom. The third-order valence-corrected chi connectivity index (χ3v) is 6.52. The van der Waals surface area contributed by atoms with Gasteiger partial charge >= 0.3 is 0 Å². The number of nitrogens with one attached hydrogen (secondary N) is 1. The minimum atomic E-state index is -3.34. The maximum absolute atomic E-state index is 13.9. The molecule has 1 aliphatic heterocycles. The first kappa shape index (κ1) is 27.9. The van der Waals surface area contributed by atoms with Gasteiger partial charge in [0, 0.05) is 32.7 Å². The number of aliphatic imine (C=N–C) groups is 1. The largest absolute Gasteiger partial charge is 0.494 e. The van der Waals surface area contributed by atoms with Crippen LogP contribution in [0, 0.1) is 5.82 Å². The van der Waals surface area contributed by atoms with Gasteiger partial charge in [0.05, 0.1) is 32.1 Å². The molecule has 1 fully saturated rings. The predicted molar refractivity (Wildman–Crippen MR) is 131 cm³/mol. The summed E-state index contributed by atoms with van der Waals surface area (Å²) in [4.78, 5) is 6.62. The van der Waals surface area contributed by atoms with E-state index in [-0.39, 0.29) is 48.2 Å². The zero-order valence-corrected chi connectivity index (χ0v) is 21.8. The van der Waals surface area contributed by atoms with Gasteiger partial charge in [0.1, 0.15) is 0 Å². The number of nitrogens with zero attached hydrogens (tertiary/aromatic N) is 3. The highest BCUT2D eigenvalue weighted by Gasteiger charge is 2.28. The summed E-state index contributed by atoms with van der Waals surface area (Å²) in [6, 6.07) is 4.77. The fourth-order valence-corrected chi connectivity index (χ4v) is 4.38. The Balaban J connectivity index is 0.00000480. The Morgan fingerprint density at radius 3 is 2.48 bits per heavy atom. The number of ether oxygens (including phenoxy) is 2. The molecule has 31 heavy (non-hydrogen) atoms. The number of hydrogen-bond donors (Lipinski definition) is 1. The molecule has 2 rings (SSSR count). The van der Waals surface area contributed by atoms with Gasteiger partial charge < -0.3 is 19.7 Å². The van der Waals surface area contributed by atoms with Crippen LogP contribution in [0.5, 0.6) is 5.75 Å². The summed E-state index contributed by atoms with van der Waals surface area (Å²) in [5.74, 6) is 0.456. The molecule has 0 bridgehead atoms. The van der Waals surface area contributed by atoms with Crippen molar-refractivity contribution in [3.05, 3.63) is 29.6 Å². The number of halogens is 2. The minimum Gasteiger partial charge on any atom is -0.494 e. The van der Waals surface area contributed by atoms with Crippen molar-refractivity contribution >= 4 is 40.0 Å². The molecule has 1 aromatic carbocycles. The minimum absolute atomic E-state index is 0. The molecule has 0 unspecified atom stereocenters. The van der Waals surface area contributed by atoms with Crippen LogP contribution in [0.3, 0.4) is 0 Å². The first-order valence-electron chi connectivity index (χ1n) is 10.2. The summed E-state index contributed by atoms with van der Waals surface area (Å²) in [7, 11) is -1.91. The molecule has 1 heterocycles. The second-order valence-corrected chi connectivity index (χ2v) is 9.35. The van der Waals surface area contributed by atoms with Crippen molar-refractivity contribution in [2.45, 2.75) is 33.4 Å². The maximum Gasteiger partial charge on any atom is 0.216 e. The van der Waals surface area contributed by atoms with E-state index in [0.29, 0.717) is 45.2 Å². The van der Waals surface area contributed by atoms with Crippen molar-refractivity contribution < 1.29 is 22.3 Å². The Kier molecular flexibility index (Phi) is 12.0. The lowest BCUT2D eigenvalue weighted by atomic mass is 10.2. The van der Waals surface area contributed by atoms with Gasteiger partial charge in [-0.1, -0.05) is 6.07 Å². The average molecular weight is 572 g/mol. The summed E-state index contributed by atoms with van der Waals surface area (Å²) < 4.78 is 50.7. The molecule has 1 aromatic rings. The van der Waals surface area contributed by atoms with Crippen LogP contribution in [0.25, 0.3) is 0 Å². The third kappa shape index (κ3) is 8.70. The van der Waals surface area contributed by atoms with Crippen molar-refractivity contribution in [2.75, 3.05) is 52.2 Å². The fraction of sp³-hybridized carbons (Fsp3) is 0.650. The monoisotopic (exact) mass is 572 g/mol. The highest BCUT2D eigenvalue weighted by molar-refractivity contribution is 14.0. The van der Waals surface area contributed by atoms with Crippen LogP contribution in [-0.4, -0.2) is 81.9 Å². The summed E-state index contributed by atoms with van der Waals surface area (Å²) in [5, 5.41) is 3.23. The quantitative estimate of drug-likeness (QED) is 0.278. The first-order valence-corrected chi connectivity index (χ1v) is 11.8. The second-order valence-electron chi connectivity index (χ2n) is 7.26. The smallest absolute Gasteiger partial charge is 0.216 e. The van der Waals surface area contributed by atoms with E-state index >= 15 is 0 Å². The van der Waals surface area contributed by atoms with E-state index in [4.69, 9.17) is 9.47 Å². The molecule has 0 aromatic heterocycles. The van der Waals surface area contributed by atoms with Gasteiger partial charge in [-0.2, -0.15) is 4.31 Å². The molecule has 0 aliphatic carbocycles. The number of rotatable bonds is 9. The van der Waals surface area contributed by atoms with Crippen LogP contribution in [0.4, 0.5) is 4.39 Å². The lowest BCUT2D eigenvalue weighted by Gasteiger charge is -2.36. The van der Waals surface area contributed by atoms with E-state index in [1.54, 1.807) is 12.1 Å². The molecule has 0 radical (unpaired) electrons. The molecule has 1 aliphatic rings. The van der Waals surface area contributed by atoms with Gasteiger partial charge in [-0.3, -0.25) is 0 Å². The Morgan fingerprint density at radius 1 is 1.26 bits per heavy atom. The number of methoxy groups -OCH3 is 1. The van der Waals surface area contributed by atoms with Gasteiger partial charge in [-0.25, -0.2) is 17.8 Å². The van der Waals surface area contributed by atoms with Crippen molar-refractivity contribution in [1.29, 1.82) is 0 Å². The Bertz CT molecular complexity index is 815. The lowest BCUT2D eigenvalue weighted by Crippen LogP contribution is -2.54. The van der Waals surface area contributed by atoms with Crippen molar-refractivity contribution in [3.8, 4) is 5.75 Å². The Labute approximate surface area is 202 Å². The van der Waals surface area contributed by atoms with Crippen LogP contribution >= 0.6 is 24.0 Å². The van der Waals surface area contributed by atoms with Crippen LogP contribution in [0.15, 0.2) is 23.2 Å². The number of sulfonamides is 1. The van der Waals surface area contributed by atoms with E-state index in [1.807, 2.05) is 25.7 Å². The van der Waals surface area contributed by atoms with Crippen LogP contribution < -0.4 is 10.1 Å². The van der Waals surface area contributed by atoms with Crippen LogP contribution in [0.1, 0.15) is 26.3 Å². The molecule has 0 spiro atoms. The van der Waals surface area contributed by atoms with E-state index in [2.05, 4.69) is 10.3 Å². The molecule has 8 nitrogen and oxygen atoms in total. The van der Waals surface area contributed by atoms with Crippen molar-refractivity contribution in [1.82, 2.24) is 14.5 Å². The molecule has 178 valence electrons. The van der Waals surface area contributed by atoms with Gasteiger partial charge in [0.2, 0.25) is 10.0 Å². The van der Waals surface area contributed by atoms with Gasteiger partial charge in [0.25, 0.3) is 0 Å². The summed E-state index contributed by atoms with van der Waals surface area (Å²) in [5.41, 5.74) is 0.732. The Hall–Kier alpha value is -1.18. The highest BCUT2D eigenvalue weighted by Crippen LogP contribution is 2.18. The lowest BCUT2D eigenvalue weighted by molar-refractivity contribution is 0.0904. The number of hydrogen-bond acceptors (Lipinski definition) is 5. The summed E-state index contributed by atoms with van der Waals surface area (Å²) in [6.07, 6.45) is 0.00936. The molecule has 1 saturated heterocycles. The molecule has 0 saturated carbocycles. The van der Waals surface area contributed by atoms with Gasteiger partial charge in [-0.05, 0) is 38.5 Å². The van der Waals surface area contributed by atoms with E-state index in [0.717, 1.165) is 5.56 Å². The number of piperazine rings is 1. The normalized spacial score (nSPS) is 15.7. The third-order valence-electron chi connectivity index (χ3n) is 4.69. The molecular formula is C20H34FIN4O4S. The predicted octanol–water partition coefficient (Wildman–Crippen LogP) is 2.29. The zero-order valence-electron chi connectivity index (χ0n) is 18.6. The van der Waals surface area contributed by atoms with Crippen LogP contribution in [-0.2, 0) is 21.3 Å². The molecular weight excluding hydrogens is 538 g/mol. The molecule has 0 atom stereocenters. The van der Waals surface area contributed by atoms with Gasteiger partial charge in [-0.15, -0.1) is 24.0 Å². The first-order chi connectivity index (χ1) is 14.3. The van der Waals surface area contributed by atoms with Gasteiger partial charge in [0.15, 0.2) is 17.5 Å². The zero-order chi connectivity index (χ0) is 22.1. The maximum atomic E-state index is 13.9. The van der Waals surface area contributed by atoms with Crippen molar-refractivity contribution in [2.24, 2.45) is 4.99 Å².